The standard InChI is InChI=1S/C12H21N/c1-3-9(4-1)12-8-7-10-5-2-6-11(10)13-12/h9-13H,1-8H2. The van der Waals surface area contributed by atoms with Crippen molar-refractivity contribution in [3.05, 3.63) is 0 Å². The van der Waals surface area contributed by atoms with Gasteiger partial charge in [0.05, 0.1) is 0 Å². The number of fused-ring (bicyclic) bond motifs is 1. The monoisotopic (exact) mass is 179 g/mol. The summed E-state index contributed by atoms with van der Waals surface area (Å²) in [6, 6.07) is 1.83. The molecule has 3 rings (SSSR count). The molecule has 1 nitrogen and oxygen atoms in total. The quantitative estimate of drug-likeness (QED) is 0.652. The molecular weight excluding hydrogens is 158 g/mol. The van der Waals surface area contributed by atoms with Gasteiger partial charge in [-0.15, -0.1) is 0 Å². The van der Waals surface area contributed by atoms with Crippen LogP contribution in [0.15, 0.2) is 0 Å². The Kier molecular flexibility index (Phi) is 2.08. The van der Waals surface area contributed by atoms with E-state index in [4.69, 9.17) is 0 Å². The van der Waals surface area contributed by atoms with Gasteiger partial charge >= 0.3 is 0 Å². The van der Waals surface area contributed by atoms with Gasteiger partial charge in [0.2, 0.25) is 0 Å². The highest BCUT2D eigenvalue weighted by molar-refractivity contribution is 4.94. The number of piperidine rings is 1. The van der Waals surface area contributed by atoms with E-state index in [1.807, 2.05) is 0 Å². The van der Waals surface area contributed by atoms with Crippen molar-refractivity contribution in [2.24, 2.45) is 11.8 Å². The molecule has 1 aliphatic heterocycles. The molecule has 2 saturated carbocycles. The van der Waals surface area contributed by atoms with Crippen LogP contribution in [0, 0.1) is 11.8 Å². The average Bonchev–Trinajstić information content (AvgIpc) is 2.47. The average molecular weight is 179 g/mol. The summed E-state index contributed by atoms with van der Waals surface area (Å²) in [4.78, 5) is 0. The molecule has 1 heterocycles. The maximum absolute atomic E-state index is 3.92. The topological polar surface area (TPSA) is 12.0 Å². The van der Waals surface area contributed by atoms with Gasteiger partial charge in [-0.05, 0) is 50.4 Å². The fourth-order valence-electron chi connectivity index (χ4n) is 3.57. The van der Waals surface area contributed by atoms with E-state index in [2.05, 4.69) is 5.32 Å². The molecule has 1 saturated heterocycles. The third kappa shape index (κ3) is 1.41. The van der Waals surface area contributed by atoms with Crippen LogP contribution in [-0.4, -0.2) is 12.1 Å². The first kappa shape index (κ1) is 8.28. The minimum atomic E-state index is 0.910. The molecule has 1 N–H and O–H groups in total. The predicted octanol–water partition coefficient (Wildman–Crippen LogP) is 2.71. The van der Waals surface area contributed by atoms with Crippen LogP contribution in [0.3, 0.4) is 0 Å². The molecule has 1 heteroatoms. The van der Waals surface area contributed by atoms with Gasteiger partial charge in [-0.1, -0.05) is 12.8 Å². The van der Waals surface area contributed by atoms with Crippen molar-refractivity contribution in [1.29, 1.82) is 0 Å². The first-order valence-electron chi connectivity index (χ1n) is 6.19. The molecule has 0 bridgehead atoms. The SMILES string of the molecule is C1CC(C2CCC3CCCC3N2)C1. The lowest BCUT2D eigenvalue weighted by Gasteiger charge is -2.41. The van der Waals surface area contributed by atoms with Crippen molar-refractivity contribution in [1.82, 2.24) is 5.32 Å². The fourth-order valence-corrected chi connectivity index (χ4v) is 3.57. The highest BCUT2D eigenvalue weighted by atomic mass is 15.0. The molecule has 2 aliphatic carbocycles. The van der Waals surface area contributed by atoms with E-state index in [1.54, 1.807) is 0 Å². The zero-order valence-corrected chi connectivity index (χ0v) is 8.47. The zero-order valence-electron chi connectivity index (χ0n) is 8.47. The minimum absolute atomic E-state index is 0.910. The molecule has 3 aliphatic rings. The van der Waals surface area contributed by atoms with Crippen LogP contribution in [0.1, 0.15) is 51.4 Å². The van der Waals surface area contributed by atoms with Gasteiger partial charge < -0.3 is 5.32 Å². The third-order valence-electron chi connectivity index (χ3n) is 4.65. The zero-order chi connectivity index (χ0) is 8.67. The van der Waals surface area contributed by atoms with E-state index in [9.17, 15) is 0 Å². The Morgan fingerprint density at radius 2 is 1.23 bits per heavy atom. The Morgan fingerprint density at radius 3 is 2.00 bits per heavy atom. The van der Waals surface area contributed by atoms with Crippen LogP contribution in [-0.2, 0) is 0 Å². The Hall–Kier alpha value is -0.0400. The van der Waals surface area contributed by atoms with E-state index < -0.39 is 0 Å². The number of rotatable bonds is 1. The summed E-state index contributed by atoms with van der Waals surface area (Å²) in [7, 11) is 0. The second-order valence-corrected chi connectivity index (χ2v) is 5.34. The maximum Gasteiger partial charge on any atom is 0.00981 e. The summed E-state index contributed by atoms with van der Waals surface area (Å²) >= 11 is 0. The largest absolute Gasteiger partial charge is 0.311 e. The van der Waals surface area contributed by atoms with Crippen molar-refractivity contribution in [2.45, 2.75) is 63.5 Å². The number of nitrogens with one attached hydrogen (secondary N) is 1. The van der Waals surface area contributed by atoms with Gasteiger partial charge in [-0.2, -0.15) is 0 Å². The summed E-state index contributed by atoms with van der Waals surface area (Å²) in [6.07, 6.45) is 12.0. The molecule has 0 spiro atoms. The molecule has 0 aromatic heterocycles. The summed E-state index contributed by atoms with van der Waals surface area (Å²) in [5, 5.41) is 3.92. The lowest BCUT2D eigenvalue weighted by atomic mass is 9.75. The van der Waals surface area contributed by atoms with Gasteiger partial charge in [0.25, 0.3) is 0 Å². The molecule has 0 amide bonds. The van der Waals surface area contributed by atoms with Crippen molar-refractivity contribution >= 4 is 0 Å². The molecule has 0 radical (unpaired) electrons. The fraction of sp³-hybridized carbons (Fsp3) is 1.00. The van der Waals surface area contributed by atoms with Crippen molar-refractivity contribution in [3.63, 3.8) is 0 Å². The van der Waals surface area contributed by atoms with Crippen LogP contribution in [0.5, 0.6) is 0 Å². The highest BCUT2D eigenvalue weighted by Gasteiger charge is 2.37. The second kappa shape index (κ2) is 3.27. The molecule has 0 aromatic rings. The van der Waals surface area contributed by atoms with Crippen molar-refractivity contribution in [3.8, 4) is 0 Å². The number of hydrogen-bond acceptors (Lipinski definition) is 1. The molecule has 13 heavy (non-hydrogen) atoms. The number of hydrogen-bond donors (Lipinski definition) is 1. The lowest BCUT2D eigenvalue weighted by molar-refractivity contribution is 0.153. The molecule has 3 fully saturated rings. The van der Waals surface area contributed by atoms with Crippen molar-refractivity contribution in [2.75, 3.05) is 0 Å². The molecular formula is C12H21N. The highest BCUT2D eigenvalue weighted by Crippen LogP contribution is 2.39. The Labute approximate surface area is 81.3 Å². The van der Waals surface area contributed by atoms with E-state index >= 15 is 0 Å². The van der Waals surface area contributed by atoms with Crippen LogP contribution in [0.4, 0.5) is 0 Å². The normalized spacial score (nSPS) is 45.7. The lowest BCUT2D eigenvalue weighted by Crippen LogP contribution is -2.50. The molecule has 0 aromatic carbocycles. The Bertz CT molecular complexity index is 186. The van der Waals surface area contributed by atoms with Crippen LogP contribution in [0.2, 0.25) is 0 Å². The Balaban J connectivity index is 1.60. The van der Waals surface area contributed by atoms with Crippen LogP contribution >= 0.6 is 0 Å². The molecule has 74 valence electrons. The van der Waals surface area contributed by atoms with E-state index in [-0.39, 0.29) is 0 Å². The van der Waals surface area contributed by atoms with Gasteiger partial charge in [-0.25, -0.2) is 0 Å². The predicted molar refractivity (Wildman–Crippen MR) is 54.6 cm³/mol. The van der Waals surface area contributed by atoms with Gasteiger partial charge in [0, 0.05) is 12.1 Å². The Morgan fingerprint density at radius 1 is 0.615 bits per heavy atom. The third-order valence-corrected chi connectivity index (χ3v) is 4.65. The van der Waals surface area contributed by atoms with Gasteiger partial charge in [-0.3, -0.25) is 0 Å². The summed E-state index contributed by atoms with van der Waals surface area (Å²) in [5.74, 6) is 2.11. The van der Waals surface area contributed by atoms with Crippen LogP contribution in [0.25, 0.3) is 0 Å². The van der Waals surface area contributed by atoms with Crippen molar-refractivity contribution < 1.29 is 0 Å². The maximum atomic E-state index is 3.92. The van der Waals surface area contributed by atoms with Gasteiger partial charge in [0.1, 0.15) is 0 Å². The summed E-state index contributed by atoms with van der Waals surface area (Å²) in [5.41, 5.74) is 0. The smallest absolute Gasteiger partial charge is 0.00981 e. The van der Waals surface area contributed by atoms with Gasteiger partial charge in [0.15, 0.2) is 0 Å². The summed E-state index contributed by atoms with van der Waals surface area (Å²) < 4.78 is 0. The summed E-state index contributed by atoms with van der Waals surface area (Å²) in [6.45, 7) is 0. The van der Waals surface area contributed by atoms with E-state index in [0.717, 1.165) is 23.9 Å². The van der Waals surface area contributed by atoms with Crippen LogP contribution < -0.4 is 5.32 Å². The van der Waals surface area contributed by atoms with E-state index in [0.29, 0.717) is 0 Å². The van der Waals surface area contributed by atoms with E-state index in [1.165, 1.54) is 51.4 Å². The molecule has 3 atom stereocenters. The second-order valence-electron chi connectivity index (χ2n) is 5.34. The minimum Gasteiger partial charge on any atom is -0.311 e. The first-order valence-corrected chi connectivity index (χ1v) is 6.19. The molecule has 3 unspecified atom stereocenters. The first-order chi connectivity index (χ1) is 6.43.